The average molecular weight is 455 g/mol. The molecule has 3 rings (SSSR count). The summed E-state index contributed by atoms with van der Waals surface area (Å²) in [5, 5.41) is 3.46. The molecule has 1 heterocycles. The minimum atomic E-state index is 0. The number of nitrogens with zero attached hydrogens (tertiary/aromatic N) is 1. The second-order valence-corrected chi connectivity index (χ2v) is 7.36. The molecule has 2 aromatic carbocycles. The molecule has 168 valence electrons. The largest absolute Gasteiger partial charge is 0.490 e. The van der Waals surface area contributed by atoms with Crippen molar-refractivity contribution in [2.75, 3.05) is 32.8 Å². The molecule has 1 saturated heterocycles. The van der Waals surface area contributed by atoms with Gasteiger partial charge >= 0.3 is 0 Å². The summed E-state index contributed by atoms with van der Waals surface area (Å²) in [7, 11) is 0. The van der Waals surface area contributed by atoms with Crippen molar-refractivity contribution in [3.05, 3.63) is 59.7 Å². The first-order valence-electron chi connectivity index (χ1n) is 10.7. The normalized spacial score (nSPS) is 14.9. The Labute approximate surface area is 194 Å². The van der Waals surface area contributed by atoms with Crippen LogP contribution in [0.15, 0.2) is 48.5 Å². The smallest absolute Gasteiger partial charge is 0.161 e. The van der Waals surface area contributed by atoms with Crippen molar-refractivity contribution in [1.29, 1.82) is 0 Å². The van der Waals surface area contributed by atoms with E-state index in [0.29, 0.717) is 19.3 Å². The van der Waals surface area contributed by atoms with Crippen molar-refractivity contribution < 1.29 is 9.47 Å². The summed E-state index contributed by atoms with van der Waals surface area (Å²) in [6.07, 6.45) is 3.65. The van der Waals surface area contributed by atoms with Gasteiger partial charge in [-0.3, -0.25) is 4.90 Å². The Morgan fingerprint density at radius 3 is 2.33 bits per heavy atom. The molecule has 30 heavy (non-hydrogen) atoms. The Morgan fingerprint density at radius 1 is 0.933 bits per heavy atom. The molecule has 0 saturated carbocycles. The summed E-state index contributed by atoms with van der Waals surface area (Å²) in [6, 6.07) is 17.2. The van der Waals surface area contributed by atoms with E-state index in [1.165, 1.54) is 24.8 Å². The molecule has 0 amide bonds. The summed E-state index contributed by atoms with van der Waals surface area (Å²) >= 11 is 0. The molecule has 0 aliphatic carbocycles. The molecule has 1 aliphatic heterocycles. The number of nitrogens with one attached hydrogen (secondary N) is 1. The first kappa shape index (κ1) is 26.6. The third-order valence-electron chi connectivity index (χ3n) is 5.31. The fourth-order valence-electron chi connectivity index (χ4n) is 3.81. The minimum absolute atomic E-state index is 0. The highest BCUT2D eigenvalue weighted by molar-refractivity contribution is 5.85. The molecule has 0 bridgehead atoms. The van der Waals surface area contributed by atoms with E-state index in [-0.39, 0.29) is 24.8 Å². The number of hydrogen-bond donors (Lipinski definition) is 1. The van der Waals surface area contributed by atoms with Gasteiger partial charge in [0.1, 0.15) is 6.61 Å². The number of halogens is 2. The fourth-order valence-corrected chi connectivity index (χ4v) is 3.81. The van der Waals surface area contributed by atoms with Crippen molar-refractivity contribution in [3.63, 3.8) is 0 Å². The first-order valence-corrected chi connectivity index (χ1v) is 10.7. The Morgan fingerprint density at radius 2 is 1.67 bits per heavy atom. The number of unbranched alkanes of at least 4 members (excludes halogenated alkanes) is 1. The third kappa shape index (κ3) is 7.66. The van der Waals surface area contributed by atoms with Crippen LogP contribution in [0.3, 0.4) is 0 Å². The summed E-state index contributed by atoms with van der Waals surface area (Å²) < 4.78 is 12.0. The standard InChI is InChI=1S/C24H34N2O2.2ClH/c1-3-5-11-22(26-16-14-25-15-17-26)21-12-13-23(24(18-21)27-4-2)28-19-20-9-7-6-8-10-20;;/h6-10,12-13,18,22,25H,3-5,11,14-17,19H2,1-2H3;2*1H/t22-;;/m1../s1. The minimum Gasteiger partial charge on any atom is -0.490 e. The Kier molecular flexibility index (Phi) is 12.9. The van der Waals surface area contributed by atoms with Crippen LogP contribution < -0.4 is 14.8 Å². The van der Waals surface area contributed by atoms with Gasteiger partial charge in [0.15, 0.2) is 11.5 Å². The van der Waals surface area contributed by atoms with Crippen LogP contribution in [-0.2, 0) is 6.61 Å². The number of piperazine rings is 1. The lowest BCUT2D eigenvalue weighted by Gasteiger charge is -2.35. The lowest BCUT2D eigenvalue weighted by atomic mass is 9.98. The second-order valence-electron chi connectivity index (χ2n) is 7.36. The molecule has 0 radical (unpaired) electrons. The average Bonchev–Trinajstić information content (AvgIpc) is 2.75. The van der Waals surface area contributed by atoms with Crippen molar-refractivity contribution in [2.24, 2.45) is 0 Å². The van der Waals surface area contributed by atoms with Gasteiger partial charge in [-0.25, -0.2) is 0 Å². The fraction of sp³-hybridized carbons (Fsp3) is 0.500. The van der Waals surface area contributed by atoms with Crippen LogP contribution in [0.5, 0.6) is 11.5 Å². The quantitative estimate of drug-likeness (QED) is 0.503. The number of hydrogen-bond acceptors (Lipinski definition) is 4. The van der Waals surface area contributed by atoms with Gasteiger partial charge in [0, 0.05) is 32.2 Å². The number of benzene rings is 2. The lowest BCUT2D eigenvalue weighted by molar-refractivity contribution is 0.162. The van der Waals surface area contributed by atoms with Crippen LogP contribution in [0.1, 0.15) is 50.3 Å². The third-order valence-corrected chi connectivity index (χ3v) is 5.31. The van der Waals surface area contributed by atoms with Crippen molar-refractivity contribution >= 4 is 24.8 Å². The monoisotopic (exact) mass is 454 g/mol. The summed E-state index contributed by atoms with van der Waals surface area (Å²) in [5.74, 6) is 1.68. The van der Waals surface area contributed by atoms with E-state index >= 15 is 0 Å². The predicted molar refractivity (Wildman–Crippen MR) is 130 cm³/mol. The molecular formula is C24H36Cl2N2O2. The van der Waals surface area contributed by atoms with Crippen LogP contribution >= 0.6 is 24.8 Å². The van der Waals surface area contributed by atoms with Crippen LogP contribution in [-0.4, -0.2) is 37.7 Å². The van der Waals surface area contributed by atoms with Crippen LogP contribution in [0, 0.1) is 0 Å². The van der Waals surface area contributed by atoms with E-state index in [1.54, 1.807) is 0 Å². The predicted octanol–water partition coefficient (Wildman–Crippen LogP) is 5.64. The maximum atomic E-state index is 6.09. The lowest BCUT2D eigenvalue weighted by Crippen LogP contribution is -2.45. The van der Waals surface area contributed by atoms with Crippen molar-refractivity contribution in [3.8, 4) is 11.5 Å². The molecule has 4 nitrogen and oxygen atoms in total. The van der Waals surface area contributed by atoms with Crippen LogP contribution in [0.2, 0.25) is 0 Å². The molecular weight excluding hydrogens is 419 g/mol. The van der Waals surface area contributed by atoms with E-state index in [1.807, 2.05) is 25.1 Å². The molecule has 1 aliphatic rings. The Balaban J connectivity index is 0.00000225. The van der Waals surface area contributed by atoms with Crippen molar-refractivity contribution in [1.82, 2.24) is 10.2 Å². The molecule has 1 atom stereocenters. The van der Waals surface area contributed by atoms with Gasteiger partial charge in [-0.15, -0.1) is 24.8 Å². The van der Waals surface area contributed by atoms with Crippen LogP contribution in [0.4, 0.5) is 0 Å². The van der Waals surface area contributed by atoms with Gasteiger partial charge in [0.2, 0.25) is 0 Å². The first-order chi connectivity index (χ1) is 13.8. The van der Waals surface area contributed by atoms with E-state index < -0.39 is 0 Å². The van der Waals surface area contributed by atoms with Gasteiger partial charge in [-0.1, -0.05) is 56.2 Å². The molecule has 0 spiro atoms. The SMILES string of the molecule is CCCC[C@H](c1ccc(OCc2ccccc2)c(OCC)c1)N1CCNCC1.Cl.Cl. The van der Waals surface area contributed by atoms with E-state index in [4.69, 9.17) is 9.47 Å². The van der Waals surface area contributed by atoms with Crippen molar-refractivity contribution in [2.45, 2.75) is 45.8 Å². The zero-order chi connectivity index (χ0) is 19.6. The molecule has 0 unspecified atom stereocenters. The van der Waals surface area contributed by atoms with Crippen LogP contribution in [0.25, 0.3) is 0 Å². The highest BCUT2D eigenvalue weighted by atomic mass is 35.5. The number of ether oxygens (including phenoxy) is 2. The molecule has 2 aromatic rings. The summed E-state index contributed by atoms with van der Waals surface area (Å²) in [4.78, 5) is 2.61. The van der Waals surface area contributed by atoms with E-state index in [2.05, 4.69) is 47.5 Å². The molecule has 1 N–H and O–H groups in total. The highest BCUT2D eigenvalue weighted by Crippen LogP contribution is 2.35. The Hall–Kier alpha value is -1.46. The highest BCUT2D eigenvalue weighted by Gasteiger charge is 2.23. The summed E-state index contributed by atoms with van der Waals surface area (Å²) in [5.41, 5.74) is 2.50. The zero-order valence-electron chi connectivity index (χ0n) is 18.1. The maximum absolute atomic E-state index is 6.09. The van der Waals surface area contributed by atoms with Gasteiger partial charge in [0.05, 0.1) is 6.61 Å². The van der Waals surface area contributed by atoms with Gasteiger partial charge in [-0.2, -0.15) is 0 Å². The summed E-state index contributed by atoms with van der Waals surface area (Å²) in [6.45, 7) is 9.82. The van der Waals surface area contributed by atoms with Gasteiger partial charge in [0.25, 0.3) is 0 Å². The molecule has 0 aromatic heterocycles. The maximum Gasteiger partial charge on any atom is 0.161 e. The van der Waals surface area contributed by atoms with E-state index in [0.717, 1.165) is 43.2 Å². The zero-order valence-corrected chi connectivity index (χ0v) is 19.8. The Bertz CT molecular complexity index is 710. The van der Waals surface area contributed by atoms with Gasteiger partial charge in [-0.05, 0) is 36.6 Å². The van der Waals surface area contributed by atoms with Gasteiger partial charge < -0.3 is 14.8 Å². The number of rotatable bonds is 10. The van der Waals surface area contributed by atoms with E-state index in [9.17, 15) is 0 Å². The topological polar surface area (TPSA) is 33.7 Å². The second kappa shape index (κ2) is 14.5. The molecule has 6 heteroatoms. The molecule has 1 fully saturated rings.